The zero-order chi connectivity index (χ0) is 6.69. The Kier molecular flexibility index (Phi) is 2.34. The zero-order valence-corrected chi connectivity index (χ0v) is 6.42. The quantitative estimate of drug-likeness (QED) is 0.548. The highest BCUT2D eigenvalue weighted by Crippen LogP contribution is 2.18. The minimum Gasteiger partial charge on any atom is -0.305 e. The zero-order valence-electron chi connectivity index (χ0n) is 5.61. The van der Waals surface area contributed by atoms with Crippen LogP contribution in [0.4, 0.5) is 0 Å². The molecule has 0 saturated carbocycles. The van der Waals surface area contributed by atoms with E-state index in [0.29, 0.717) is 0 Å². The standard InChI is InChI=1S/C7H11NS/c1-2-6-5-9-4-3-7(6)8/h2,8H,3-5H2,1H3/b6-2+,8-7?. The molecule has 1 aliphatic heterocycles. The van der Waals surface area contributed by atoms with Gasteiger partial charge in [0.1, 0.15) is 0 Å². The summed E-state index contributed by atoms with van der Waals surface area (Å²) in [6.45, 7) is 2.01. The molecule has 0 amide bonds. The molecule has 0 aromatic carbocycles. The maximum absolute atomic E-state index is 7.46. The molecule has 1 N–H and O–H groups in total. The van der Waals surface area contributed by atoms with Crippen molar-refractivity contribution in [1.29, 1.82) is 5.41 Å². The van der Waals surface area contributed by atoms with Crippen LogP contribution in [0.1, 0.15) is 13.3 Å². The minimum atomic E-state index is 0.844. The molecule has 0 aromatic rings. The van der Waals surface area contributed by atoms with Crippen molar-refractivity contribution in [3.05, 3.63) is 11.6 Å². The number of nitrogens with one attached hydrogen (secondary N) is 1. The van der Waals surface area contributed by atoms with Crippen LogP contribution in [0.5, 0.6) is 0 Å². The van der Waals surface area contributed by atoms with E-state index in [1.807, 2.05) is 18.7 Å². The summed E-state index contributed by atoms with van der Waals surface area (Å²) in [5.41, 5.74) is 2.07. The van der Waals surface area contributed by atoms with Gasteiger partial charge in [-0.25, -0.2) is 0 Å². The molecule has 0 atom stereocenters. The number of hydrogen-bond donors (Lipinski definition) is 1. The summed E-state index contributed by atoms with van der Waals surface area (Å²) in [5.74, 6) is 2.19. The van der Waals surface area contributed by atoms with Gasteiger partial charge in [-0.2, -0.15) is 11.8 Å². The van der Waals surface area contributed by atoms with E-state index in [1.165, 1.54) is 5.57 Å². The second kappa shape index (κ2) is 3.06. The van der Waals surface area contributed by atoms with E-state index in [9.17, 15) is 0 Å². The van der Waals surface area contributed by atoms with Gasteiger partial charge in [0.05, 0.1) is 0 Å². The first-order chi connectivity index (χ1) is 4.34. The molecule has 50 valence electrons. The van der Waals surface area contributed by atoms with Crippen molar-refractivity contribution in [2.75, 3.05) is 11.5 Å². The van der Waals surface area contributed by atoms with Gasteiger partial charge in [-0.15, -0.1) is 0 Å². The average molecular weight is 141 g/mol. The molecular weight excluding hydrogens is 130 g/mol. The van der Waals surface area contributed by atoms with Crippen LogP contribution in [0.2, 0.25) is 0 Å². The van der Waals surface area contributed by atoms with Crippen molar-refractivity contribution in [3.8, 4) is 0 Å². The van der Waals surface area contributed by atoms with E-state index in [2.05, 4.69) is 6.08 Å². The molecule has 0 bridgehead atoms. The molecule has 0 radical (unpaired) electrons. The highest BCUT2D eigenvalue weighted by atomic mass is 32.2. The highest BCUT2D eigenvalue weighted by Gasteiger charge is 2.09. The largest absolute Gasteiger partial charge is 0.305 e. The van der Waals surface area contributed by atoms with Crippen LogP contribution in [-0.4, -0.2) is 17.2 Å². The predicted octanol–water partition coefficient (Wildman–Crippen LogP) is 2.09. The topological polar surface area (TPSA) is 23.9 Å². The lowest BCUT2D eigenvalue weighted by molar-refractivity contribution is 1.21. The molecule has 2 heteroatoms. The molecule has 1 fully saturated rings. The van der Waals surface area contributed by atoms with Gasteiger partial charge in [-0.1, -0.05) is 6.08 Å². The van der Waals surface area contributed by atoms with Gasteiger partial charge in [0.15, 0.2) is 0 Å². The summed E-state index contributed by atoms with van der Waals surface area (Å²) in [5, 5.41) is 7.46. The Morgan fingerprint density at radius 2 is 2.44 bits per heavy atom. The first kappa shape index (κ1) is 6.87. The van der Waals surface area contributed by atoms with Crippen molar-refractivity contribution in [2.45, 2.75) is 13.3 Å². The molecule has 1 rings (SSSR count). The number of hydrogen-bond acceptors (Lipinski definition) is 2. The fourth-order valence-electron chi connectivity index (χ4n) is 0.862. The Bertz CT molecular complexity index is 149. The van der Waals surface area contributed by atoms with E-state index >= 15 is 0 Å². The van der Waals surface area contributed by atoms with E-state index in [4.69, 9.17) is 5.41 Å². The molecule has 0 spiro atoms. The maximum Gasteiger partial charge on any atom is 0.0359 e. The molecule has 0 unspecified atom stereocenters. The van der Waals surface area contributed by atoms with Gasteiger partial charge in [0, 0.05) is 11.5 Å². The minimum absolute atomic E-state index is 0.844. The van der Waals surface area contributed by atoms with Crippen LogP contribution in [0.3, 0.4) is 0 Å². The summed E-state index contributed by atoms with van der Waals surface area (Å²) < 4.78 is 0. The van der Waals surface area contributed by atoms with Crippen LogP contribution in [0.15, 0.2) is 11.6 Å². The molecular formula is C7H11NS. The molecule has 1 heterocycles. The van der Waals surface area contributed by atoms with Crippen LogP contribution < -0.4 is 0 Å². The van der Waals surface area contributed by atoms with Crippen LogP contribution in [0, 0.1) is 5.41 Å². The van der Waals surface area contributed by atoms with Crippen molar-refractivity contribution < 1.29 is 0 Å². The van der Waals surface area contributed by atoms with Crippen LogP contribution in [0.25, 0.3) is 0 Å². The number of thioether (sulfide) groups is 1. The van der Waals surface area contributed by atoms with Crippen molar-refractivity contribution in [3.63, 3.8) is 0 Å². The predicted molar refractivity (Wildman–Crippen MR) is 43.4 cm³/mol. The molecule has 1 nitrogen and oxygen atoms in total. The Labute approximate surface area is 60.0 Å². The third-order valence-electron chi connectivity index (χ3n) is 1.49. The van der Waals surface area contributed by atoms with E-state index in [-0.39, 0.29) is 0 Å². The second-order valence-corrected chi connectivity index (χ2v) is 3.20. The Hall–Kier alpha value is -0.240. The van der Waals surface area contributed by atoms with Gasteiger partial charge in [0.2, 0.25) is 0 Å². The molecule has 1 aliphatic rings. The van der Waals surface area contributed by atoms with Gasteiger partial charge in [0.25, 0.3) is 0 Å². The molecule has 0 aliphatic carbocycles. The van der Waals surface area contributed by atoms with Crippen molar-refractivity contribution in [1.82, 2.24) is 0 Å². The monoisotopic (exact) mass is 141 g/mol. The van der Waals surface area contributed by atoms with E-state index in [0.717, 1.165) is 23.6 Å². The first-order valence-corrected chi connectivity index (χ1v) is 4.31. The summed E-state index contributed by atoms with van der Waals surface area (Å²) >= 11 is 1.92. The van der Waals surface area contributed by atoms with Gasteiger partial charge in [-0.3, -0.25) is 0 Å². The van der Waals surface area contributed by atoms with Crippen LogP contribution >= 0.6 is 11.8 Å². The van der Waals surface area contributed by atoms with Crippen LogP contribution in [-0.2, 0) is 0 Å². The lowest BCUT2D eigenvalue weighted by Gasteiger charge is -2.13. The first-order valence-electron chi connectivity index (χ1n) is 3.15. The molecule has 9 heavy (non-hydrogen) atoms. The Morgan fingerprint density at radius 1 is 1.67 bits per heavy atom. The SMILES string of the molecule is C/C=C1\CSCCC1=N. The summed E-state index contributed by atoms with van der Waals surface area (Å²) in [4.78, 5) is 0. The number of rotatable bonds is 0. The van der Waals surface area contributed by atoms with Crippen molar-refractivity contribution in [2.24, 2.45) is 0 Å². The van der Waals surface area contributed by atoms with Gasteiger partial charge < -0.3 is 5.41 Å². The smallest absolute Gasteiger partial charge is 0.0359 e. The Morgan fingerprint density at radius 3 is 2.89 bits per heavy atom. The average Bonchev–Trinajstić information content (AvgIpc) is 1.89. The Balaban J connectivity index is 2.60. The van der Waals surface area contributed by atoms with Crippen molar-refractivity contribution >= 4 is 17.5 Å². The lowest BCUT2D eigenvalue weighted by Crippen LogP contribution is -2.10. The maximum atomic E-state index is 7.46. The molecule has 1 saturated heterocycles. The fourth-order valence-corrected chi connectivity index (χ4v) is 1.92. The summed E-state index contributed by atoms with van der Waals surface area (Å²) in [6, 6.07) is 0. The lowest BCUT2D eigenvalue weighted by atomic mass is 10.1. The second-order valence-electron chi connectivity index (χ2n) is 2.10. The van der Waals surface area contributed by atoms with Gasteiger partial charge >= 0.3 is 0 Å². The third-order valence-corrected chi connectivity index (χ3v) is 2.50. The summed E-state index contributed by atoms with van der Waals surface area (Å²) in [6.07, 6.45) is 3.01. The fraction of sp³-hybridized carbons (Fsp3) is 0.571. The summed E-state index contributed by atoms with van der Waals surface area (Å²) in [7, 11) is 0. The third kappa shape index (κ3) is 1.58. The highest BCUT2D eigenvalue weighted by molar-refractivity contribution is 7.99. The number of allylic oxidation sites excluding steroid dienone is 1. The molecule has 0 aromatic heterocycles. The van der Waals surface area contributed by atoms with E-state index < -0.39 is 0 Å². The van der Waals surface area contributed by atoms with Gasteiger partial charge in [-0.05, 0) is 24.7 Å². The normalized spacial score (nSPS) is 25.0. The van der Waals surface area contributed by atoms with E-state index in [1.54, 1.807) is 0 Å².